The third kappa shape index (κ3) is 7.47. The minimum Gasteiger partial charge on any atom is -0.444 e. The molecule has 0 spiro atoms. The van der Waals surface area contributed by atoms with Gasteiger partial charge in [0.1, 0.15) is 17.7 Å². The Labute approximate surface area is 273 Å². The first-order chi connectivity index (χ1) is 21.6. The zero-order valence-corrected chi connectivity index (χ0v) is 28.6. The number of nitrogens with zero attached hydrogens (tertiary/aromatic N) is 2. The van der Waals surface area contributed by atoms with Crippen LogP contribution in [0, 0.1) is 23.2 Å². The van der Waals surface area contributed by atoms with Gasteiger partial charge in [-0.1, -0.05) is 57.5 Å². The number of carbonyl (C=O) groups is 5. The predicted octanol–water partition coefficient (Wildman–Crippen LogP) is 4.06. The van der Waals surface area contributed by atoms with Crippen LogP contribution in [0.1, 0.15) is 78.4 Å². The Balaban J connectivity index is 1.61. The molecule has 252 valence electrons. The number of rotatable bonds is 13. The summed E-state index contributed by atoms with van der Waals surface area (Å²) >= 11 is 0. The summed E-state index contributed by atoms with van der Waals surface area (Å²) < 4.78 is 5.69. The fraction of sp³-hybridized carbons (Fsp3) is 0.639. The molecule has 2 fully saturated rings. The molecule has 5 atom stereocenters. The van der Waals surface area contributed by atoms with Crippen LogP contribution in [0.3, 0.4) is 0 Å². The second-order valence-corrected chi connectivity index (χ2v) is 14.8. The summed E-state index contributed by atoms with van der Waals surface area (Å²) in [6.07, 6.45) is 4.53. The number of fused-ring (bicyclic) bond motifs is 2. The highest BCUT2D eigenvalue weighted by Crippen LogP contribution is 2.65. The molecule has 1 saturated heterocycles. The highest BCUT2D eigenvalue weighted by molar-refractivity contribution is 6.38. The van der Waals surface area contributed by atoms with Crippen molar-refractivity contribution in [2.45, 2.75) is 104 Å². The fourth-order valence-corrected chi connectivity index (χ4v) is 7.36. The number of hydrogen-bond acceptors (Lipinski definition) is 6. The number of Topliss-reactive ketones (excluding diaryl/α,β-unsaturated/α-hetero) is 1. The van der Waals surface area contributed by atoms with E-state index in [1.165, 1.54) is 4.90 Å². The average molecular weight is 637 g/mol. The summed E-state index contributed by atoms with van der Waals surface area (Å²) in [6.45, 7) is 16.0. The molecule has 10 heteroatoms. The van der Waals surface area contributed by atoms with Crippen LogP contribution in [0.25, 0.3) is 0 Å². The maximum atomic E-state index is 14.7. The molecule has 0 bridgehead atoms. The number of allylic oxidation sites excluding steroid dienone is 1. The van der Waals surface area contributed by atoms with E-state index in [9.17, 15) is 24.0 Å². The quantitative estimate of drug-likeness (QED) is 0.191. The number of carbonyl (C=O) groups excluding carboxylic acids is 5. The van der Waals surface area contributed by atoms with Crippen molar-refractivity contribution in [1.29, 1.82) is 0 Å². The molecule has 2 aliphatic carbocycles. The van der Waals surface area contributed by atoms with Gasteiger partial charge >= 0.3 is 6.09 Å². The predicted molar refractivity (Wildman–Crippen MR) is 176 cm³/mol. The van der Waals surface area contributed by atoms with E-state index in [4.69, 9.17) is 4.74 Å². The fourth-order valence-electron chi connectivity index (χ4n) is 7.36. The lowest BCUT2D eigenvalue weighted by atomic mass is 9.92. The van der Waals surface area contributed by atoms with Gasteiger partial charge < -0.3 is 20.3 Å². The van der Waals surface area contributed by atoms with Crippen LogP contribution in [0.15, 0.2) is 36.9 Å². The highest BCUT2D eigenvalue weighted by atomic mass is 16.6. The number of nitrogens with one attached hydrogen (secondary N) is 2. The van der Waals surface area contributed by atoms with E-state index in [0.717, 1.165) is 24.0 Å². The molecule has 4 amide bonds. The van der Waals surface area contributed by atoms with Gasteiger partial charge in [-0.2, -0.15) is 0 Å². The minimum absolute atomic E-state index is 0.0973. The molecule has 0 aromatic heterocycles. The Hall–Kier alpha value is -3.69. The Morgan fingerprint density at radius 3 is 2.33 bits per heavy atom. The number of ether oxygens (including phenoxy) is 1. The molecular formula is C36H52N4O6. The van der Waals surface area contributed by atoms with Crippen molar-refractivity contribution >= 4 is 29.6 Å². The lowest BCUT2D eigenvalue weighted by Gasteiger charge is -2.38. The van der Waals surface area contributed by atoms with E-state index in [0.29, 0.717) is 32.4 Å². The number of unbranched alkanes of at least 4 members (excludes halogenated alkanes) is 1. The highest BCUT2D eigenvalue weighted by Gasteiger charge is 2.70. The van der Waals surface area contributed by atoms with Gasteiger partial charge in [-0.05, 0) is 87.2 Å². The van der Waals surface area contributed by atoms with Crippen LogP contribution in [0.4, 0.5) is 4.79 Å². The molecule has 1 aromatic carbocycles. The Morgan fingerprint density at radius 1 is 1.13 bits per heavy atom. The van der Waals surface area contributed by atoms with Gasteiger partial charge in [-0.15, -0.1) is 6.58 Å². The van der Waals surface area contributed by atoms with E-state index < -0.39 is 47.4 Å². The number of ketones is 1. The third-order valence-corrected chi connectivity index (χ3v) is 9.97. The first-order valence-corrected chi connectivity index (χ1v) is 16.7. The van der Waals surface area contributed by atoms with E-state index in [2.05, 4.69) is 31.1 Å². The molecule has 0 radical (unpaired) electrons. The number of amides is 4. The Kier molecular flexibility index (Phi) is 10.7. The van der Waals surface area contributed by atoms with Crippen LogP contribution in [0.2, 0.25) is 0 Å². The van der Waals surface area contributed by atoms with Crippen molar-refractivity contribution in [1.82, 2.24) is 20.4 Å². The van der Waals surface area contributed by atoms with Gasteiger partial charge in [0.15, 0.2) is 0 Å². The molecule has 2 unspecified atom stereocenters. The van der Waals surface area contributed by atoms with Crippen LogP contribution >= 0.6 is 0 Å². The zero-order valence-electron chi connectivity index (χ0n) is 28.6. The van der Waals surface area contributed by atoms with Crippen LogP contribution in [-0.4, -0.2) is 83.3 Å². The first kappa shape index (κ1) is 35.2. The zero-order chi connectivity index (χ0) is 34.0. The molecule has 3 aliphatic rings. The number of benzene rings is 1. The molecule has 1 heterocycles. The second kappa shape index (κ2) is 14.0. The summed E-state index contributed by atoms with van der Waals surface area (Å²) in [5, 5.41) is 5.51. The van der Waals surface area contributed by atoms with Gasteiger partial charge in [-0.25, -0.2) is 4.79 Å². The van der Waals surface area contributed by atoms with Gasteiger partial charge in [0.2, 0.25) is 17.6 Å². The van der Waals surface area contributed by atoms with Crippen LogP contribution in [0.5, 0.6) is 0 Å². The molecule has 1 aromatic rings. The van der Waals surface area contributed by atoms with E-state index in [1.54, 1.807) is 38.8 Å². The van der Waals surface area contributed by atoms with Gasteiger partial charge in [0.25, 0.3) is 5.91 Å². The number of piperidine rings is 1. The van der Waals surface area contributed by atoms with Crippen molar-refractivity contribution in [2.75, 3.05) is 20.1 Å². The van der Waals surface area contributed by atoms with Crippen LogP contribution < -0.4 is 10.6 Å². The normalized spacial score (nSPS) is 22.6. The summed E-state index contributed by atoms with van der Waals surface area (Å²) in [7, 11) is 1.59. The van der Waals surface area contributed by atoms with E-state index in [1.807, 2.05) is 31.2 Å². The average Bonchev–Trinajstić information content (AvgIpc) is 3.35. The topological polar surface area (TPSA) is 125 Å². The molecule has 1 saturated carbocycles. The lowest BCUT2D eigenvalue weighted by Crippen LogP contribution is -2.60. The minimum atomic E-state index is -1.05. The first-order valence-electron chi connectivity index (χ1n) is 16.7. The monoisotopic (exact) mass is 636 g/mol. The standard InChI is InChI=1S/C36H52N4O6/c1-9-11-17-26(30(41)32(43)37-18-12-10-2)38-31(42)29-27-25(36(27,6)7)21-40(29)33(44)28(39(8)34(45)46-35(3,4)5)24-19-22-15-13-14-16-23(22)20-24/h9,13-16,24-29H,1,10-12,17-21H2,2-8H3,(H,37,43)(H,38,42)/t25?,26?,27-,28-,29-/m0/s1. The van der Waals surface area contributed by atoms with Crippen molar-refractivity contribution in [2.24, 2.45) is 23.2 Å². The molecule has 1 aliphatic heterocycles. The number of likely N-dealkylation sites (tertiary alicyclic amines) is 1. The summed E-state index contributed by atoms with van der Waals surface area (Å²) in [5.41, 5.74) is 1.36. The van der Waals surface area contributed by atoms with Gasteiger partial charge in [0.05, 0.1) is 6.04 Å². The molecular weight excluding hydrogens is 584 g/mol. The van der Waals surface area contributed by atoms with Crippen molar-refractivity contribution < 1.29 is 28.7 Å². The third-order valence-electron chi connectivity index (χ3n) is 9.97. The van der Waals surface area contributed by atoms with Crippen molar-refractivity contribution in [3.63, 3.8) is 0 Å². The van der Waals surface area contributed by atoms with Crippen molar-refractivity contribution in [3.05, 3.63) is 48.0 Å². The maximum Gasteiger partial charge on any atom is 0.410 e. The van der Waals surface area contributed by atoms with Crippen LogP contribution in [-0.2, 0) is 36.8 Å². The lowest BCUT2D eigenvalue weighted by molar-refractivity contribution is -0.146. The summed E-state index contributed by atoms with van der Waals surface area (Å²) in [5.74, 6) is -2.42. The SMILES string of the molecule is C=CCCC(NC(=O)[C@@H]1[C@@H]2C(CN1C(=O)[C@H](C1Cc3ccccc3C1)N(C)C(=O)OC(C)(C)C)C2(C)C)C(=O)C(=O)NCCCC. The molecule has 10 nitrogen and oxygen atoms in total. The number of hydrogen-bond donors (Lipinski definition) is 2. The maximum absolute atomic E-state index is 14.7. The summed E-state index contributed by atoms with van der Waals surface area (Å²) in [6, 6.07) is 5.30. The second-order valence-electron chi connectivity index (χ2n) is 14.8. The van der Waals surface area contributed by atoms with Gasteiger partial charge in [0, 0.05) is 20.1 Å². The van der Waals surface area contributed by atoms with E-state index in [-0.39, 0.29) is 35.5 Å². The van der Waals surface area contributed by atoms with Crippen molar-refractivity contribution in [3.8, 4) is 0 Å². The Morgan fingerprint density at radius 2 is 1.76 bits per heavy atom. The molecule has 2 N–H and O–H groups in total. The largest absolute Gasteiger partial charge is 0.444 e. The summed E-state index contributed by atoms with van der Waals surface area (Å²) in [4.78, 5) is 71.1. The van der Waals surface area contributed by atoms with E-state index >= 15 is 0 Å². The molecule has 4 rings (SSSR count). The number of likely N-dealkylation sites (N-methyl/N-ethyl adjacent to an activating group) is 1. The molecule has 46 heavy (non-hydrogen) atoms. The van der Waals surface area contributed by atoms with Gasteiger partial charge in [-0.3, -0.25) is 24.1 Å². The Bertz CT molecular complexity index is 1320. The smallest absolute Gasteiger partial charge is 0.410 e.